The number of amidine groups is 1. The third-order valence-corrected chi connectivity index (χ3v) is 5.14. The van der Waals surface area contributed by atoms with Crippen LogP contribution < -0.4 is 15.8 Å². The zero-order chi connectivity index (χ0) is 21.2. The number of halogens is 2. The molecule has 0 radical (unpaired) electrons. The lowest BCUT2D eigenvalue weighted by molar-refractivity contribution is -0.115. The van der Waals surface area contributed by atoms with Gasteiger partial charge in [0, 0.05) is 26.2 Å². The molecule has 1 heterocycles. The number of carbonyl (C=O) groups excluding carboxylic acids is 2. The highest BCUT2D eigenvalue weighted by molar-refractivity contribution is 6.02. The van der Waals surface area contributed by atoms with Crippen LogP contribution in [0.3, 0.4) is 0 Å². The number of nitrogens with one attached hydrogen (secondary N) is 1. The van der Waals surface area contributed by atoms with Crippen LogP contribution in [0.4, 0.5) is 8.78 Å². The Morgan fingerprint density at radius 3 is 2.66 bits per heavy atom. The van der Waals surface area contributed by atoms with Gasteiger partial charge in [-0.1, -0.05) is 12.8 Å². The van der Waals surface area contributed by atoms with Gasteiger partial charge in [0.05, 0.1) is 5.54 Å². The standard InChI is InChI=1S/C20H26F2N4O3.H2/c1-11(27)25-19(23)20(2,8-12-3-4-12)26-18(28)15-7-16(29-10-17(21)22)14(9-24-15)13-5-6-13;/h7,9,12-13,17H,3-6,8,10H2,1-2H3,(H,26,28)(H2,23,25,27);1H. The van der Waals surface area contributed by atoms with E-state index in [1.807, 2.05) is 0 Å². The number of ether oxygens (including phenoxy) is 1. The maximum atomic E-state index is 12.9. The van der Waals surface area contributed by atoms with Gasteiger partial charge in [-0.2, -0.15) is 4.99 Å². The van der Waals surface area contributed by atoms with Crippen molar-refractivity contribution in [2.75, 3.05) is 6.61 Å². The van der Waals surface area contributed by atoms with Crippen LogP contribution in [-0.4, -0.2) is 41.2 Å². The first-order chi connectivity index (χ1) is 13.7. The number of nitrogens with zero attached hydrogens (tertiary/aromatic N) is 2. The van der Waals surface area contributed by atoms with Gasteiger partial charge in [0.25, 0.3) is 12.3 Å². The van der Waals surface area contributed by atoms with Crippen LogP contribution in [0.15, 0.2) is 17.3 Å². The molecular weight excluding hydrogens is 382 g/mol. The molecule has 0 spiro atoms. The number of alkyl halides is 2. The number of pyridine rings is 1. The summed E-state index contributed by atoms with van der Waals surface area (Å²) in [6.07, 6.45) is 3.38. The molecule has 2 fully saturated rings. The number of amides is 2. The Balaban J connectivity index is 0.00000320. The van der Waals surface area contributed by atoms with Gasteiger partial charge in [0.2, 0.25) is 5.91 Å². The van der Waals surface area contributed by atoms with Crippen LogP contribution in [-0.2, 0) is 4.79 Å². The molecule has 3 rings (SSSR count). The Hall–Kier alpha value is -2.58. The molecule has 2 aliphatic carbocycles. The first-order valence-electron chi connectivity index (χ1n) is 9.76. The number of hydrogen-bond donors (Lipinski definition) is 2. The highest BCUT2D eigenvalue weighted by Crippen LogP contribution is 2.44. The summed E-state index contributed by atoms with van der Waals surface area (Å²) in [6, 6.07) is 1.39. The smallest absolute Gasteiger partial charge is 0.272 e. The molecule has 160 valence electrons. The van der Waals surface area contributed by atoms with Crippen LogP contribution in [0.2, 0.25) is 0 Å². The van der Waals surface area contributed by atoms with Crippen LogP contribution in [0.25, 0.3) is 0 Å². The minimum absolute atomic E-state index is 0. The summed E-state index contributed by atoms with van der Waals surface area (Å²) in [5, 5.41) is 2.83. The second kappa shape index (κ2) is 8.42. The molecule has 0 aliphatic heterocycles. The third kappa shape index (κ3) is 5.71. The summed E-state index contributed by atoms with van der Waals surface area (Å²) in [5.74, 6) is -0.0642. The van der Waals surface area contributed by atoms with E-state index in [1.54, 1.807) is 6.92 Å². The van der Waals surface area contributed by atoms with Crippen LogP contribution in [0.5, 0.6) is 5.75 Å². The van der Waals surface area contributed by atoms with Crippen molar-refractivity contribution in [1.82, 2.24) is 10.3 Å². The molecular formula is C20H28F2N4O3. The van der Waals surface area contributed by atoms with E-state index in [4.69, 9.17) is 10.5 Å². The Kier molecular flexibility index (Phi) is 6.14. The molecule has 0 saturated heterocycles. The lowest BCUT2D eigenvalue weighted by atomic mass is 9.92. The van der Waals surface area contributed by atoms with Gasteiger partial charge in [0.15, 0.2) is 0 Å². The van der Waals surface area contributed by atoms with Crippen molar-refractivity contribution in [2.45, 2.75) is 63.8 Å². The van der Waals surface area contributed by atoms with Crippen molar-refractivity contribution in [3.8, 4) is 5.75 Å². The summed E-state index contributed by atoms with van der Waals surface area (Å²) < 4.78 is 30.4. The van der Waals surface area contributed by atoms with Crippen molar-refractivity contribution in [2.24, 2.45) is 16.6 Å². The molecule has 2 amide bonds. The number of carbonyl (C=O) groups is 2. The van der Waals surface area contributed by atoms with Crippen molar-refractivity contribution in [3.05, 3.63) is 23.5 Å². The fourth-order valence-electron chi connectivity index (χ4n) is 3.28. The van der Waals surface area contributed by atoms with Crippen LogP contribution in [0.1, 0.15) is 69.3 Å². The number of rotatable bonds is 9. The average molecular weight is 410 g/mol. The fourth-order valence-corrected chi connectivity index (χ4v) is 3.28. The molecule has 0 bridgehead atoms. The summed E-state index contributed by atoms with van der Waals surface area (Å²) in [7, 11) is 0. The molecule has 1 atom stereocenters. The van der Waals surface area contributed by atoms with Crippen LogP contribution >= 0.6 is 0 Å². The second-order valence-electron chi connectivity index (χ2n) is 8.03. The van der Waals surface area contributed by atoms with Gasteiger partial charge < -0.3 is 15.8 Å². The monoisotopic (exact) mass is 410 g/mol. The quantitative estimate of drug-likeness (QED) is 0.481. The first-order valence-corrected chi connectivity index (χ1v) is 9.76. The van der Waals surface area contributed by atoms with Gasteiger partial charge in [-0.15, -0.1) is 0 Å². The highest BCUT2D eigenvalue weighted by atomic mass is 19.3. The van der Waals surface area contributed by atoms with E-state index in [0.717, 1.165) is 31.2 Å². The number of aromatic nitrogens is 1. The number of nitrogens with two attached hydrogens (primary N) is 1. The Morgan fingerprint density at radius 1 is 1.41 bits per heavy atom. The van der Waals surface area contributed by atoms with Crippen LogP contribution in [0, 0.1) is 5.92 Å². The molecule has 1 aromatic rings. The molecule has 1 aromatic heterocycles. The molecule has 7 nitrogen and oxygen atoms in total. The molecule has 2 aliphatic rings. The minimum atomic E-state index is -2.61. The zero-order valence-corrected chi connectivity index (χ0v) is 16.6. The van der Waals surface area contributed by atoms with E-state index < -0.39 is 30.4 Å². The molecule has 2 saturated carbocycles. The summed E-state index contributed by atoms with van der Waals surface area (Å²) >= 11 is 0. The predicted octanol–water partition coefficient (Wildman–Crippen LogP) is 3.04. The maximum absolute atomic E-state index is 12.9. The number of aliphatic imine (C=N–C) groups is 1. The van der Waals surface area contributed by atoms with E-state index >= 15 is 0 Å². The van der Waals surface area contributed by atoms with Crippen molar-refractivity contribution in [3.63, 3.8) is 0 Å². The molecule has 1 unspecified atom stereocenters. The predicted molar refractivity (Wildman–Crippen MR) is 105 cm³/mol. The van der Waals surface area contributed by atoms with Crippen molar-refractivity contribution in [1.29, 1.82) is 0 Å². The Labute approximate surface area is 169 Å². The van der Waals surface area contributed by atoms with Gasteiger partial charge in [-0.25, -0.2) is 8.78 Å². The number of hydrogen-bond acceptors (Lipinski definition) is 4. The first kappa shape index (κ1) is 21.1. The minimum Gasteiger partial charge on any atom is -0.487 e. The van der Waals surface area contributed by atoms with Gasteiger partial charge >= 0.3 is 0 Å². The third-order valence-electron chi connectivity index (χ3n) is 5.14. The fraction of sp³-hybridized carbons (Fsp3) is 0.600. The maximum Gasteiger partial charge on any atom is 0.272 e. The molecule has 0 aromatic carbocycles. The molecule has 29 heavy (non-hydrogen) atoms. The summed E-state index contributed by atoms with van der Waals surface area (Å²) in [6.45, 7) is 2.26. The van der Waals surface area contributed by atoms with E-state index in [1.165, 1.54) is 19.2 Å². The topological polar surface area (TPSA) is 107 Å². The zero-order valence-electron chi connectivity index (χ0n) is 16.6. The second-order valence-corrected chi connectivity index (χ2v) is 8.03. The van der Waals surface area contributed by atoms with Crippen molar-refractivity contribution < 1.29 is 24.5 Å². The van der Waals surface area contributed by atoms with Gasteiger partial charge in [0.1, 0.15) is 23.9 Å². The highest BCUT2D eigenvalue weighted by Gasteiger charge is 2.38. The molecule has 9 heteroatoms. The molecule has 3 N–H and O–H groups in total. The average Bonchev–Trinajstić information content (AvgIpc) is 3.53. The SMILES string of the molecule is CC(=O)N=C(N)C(C)(CC1CC1)NC(=O)c1cc(OCC(F)F)c(C2CC2)cn1.[HH]. The summed E-state index contributed by atoms with van der Waals surface area (Å²) in [4.78, 5) is 32.2. The van der Waals surface area contributed by atoms with Gasteiger partial charge in [-0.3, -0.25) is 14.6 Å². The Morgan fingerprint density at radius 2 is 2.10 bits per heavy atom. The normalized spacial score (nSPS) is 19.0. The van der Waals surface area contributed by atoms with E-state index in [2.05, 4.69) is 15.3 Å². The lowest BCUT2D eigenvalue weighted by Crippen LogP contribution is -2.56. The van der Waals surface area contributed by atoms with E-state index in [9.17, 15) is 18.4 Å². The largest absolute Gasteiger partial charge is 0.487 e. The van der Waals surface area contributed by atoms with E-state index in [-0.39, 0.29) is 24.6 Å². The summed E-state index contributed by atoms with van der Waals surface area (Å²) in [5.41, 5.74) is 5.79. The van der Waals surface area contributed by atoms with Crippen molar-refractivity contribution >= 4 is 17.6 Å². The lowest BCUT2D eigenvalue weighted by Gasteiger charge is -2.30. The Bertz CT molecular complexity index is 828. The van der Waals surface area contributed by atoms with E-state index in [0.29, 0.717) is 12.3 Å². The van der Waals surface area contributed by atoms with Gasteiger partial charge in [-0.05, 0) is 38.0 Å².